The number of carbonyl (C=O) groups is 1. The zero-order chi connectivity index (χ0) is 14.1. The van der Waals surface area contributed by atoms with Gasteiger partial charge in [0.15, 0.2) is 11.5 Å². The summed E-state index contributed by atoms with van der Waals surface area (Å²) in [6.07, 6.45) is -1.21. The standard InChI is InChI=1S/C14H18N2O4/c1-16(9-6-15-7-10(9)17)14(18)13-8-19-11-4-2-3-5-12(11)20-13/h2-5,9-10,13,15,17H,6-8H2,1H3/t9-,10-,13?/m1/s1. The maximum absolute atomic E-state index is 12.4. The highest BCUT2D eigenvalue weighted by Crippen LogP contribution is 2.31. The van der Waals surface area contributed by atoms with Gasteiger partial charge in [-0.2, -0.15) is 0 Å². The molecule has 2 N–H and O–H groups in total. The van der Waals surface area contributed by atoms with Gasteiger partial charge in [0.2, 0.25) is 6.10 Å². The lowest BCUT2D eigenvalue weighted by Gasteiger charge is -2.32. The lowest BCUT2D eigenvalue weighted by Crippen LogP contribution is -2.51. The summed E-state index contributed by atoms with van der Waals surface area (Å²) in [5.41, 5.74) is 0. The first kappa shape index (κ1) is 13.2. The van der Waals surface area contributed by atoms with E-state index in [2.05, 4.69) is 5.32 Å². The van der Waals surface area contributed by atoms with Crippen molar-refractivity contribution in [2.75, 3.05) is 26.7 Å². The van der Waals surface area contributed by atoms with Crippen molar-refractivity contribution in [3.63, 3.8) is 0 Å². The number of β-amino-alcohol motifs (C(OH)–C–C–N with tert-alkyl or cyclic N) is 1. The van der Waals surface area contributed by atoms with Crippen molar-refractivity contribution >= 4 is 5.91 Å². The van der Waals surface area contributed by atoms with Gasteiger partial charge < -0.3 is 24.8 Å². The molecule has 2 heterocycles. The van der Waals surface area contributed by atoms with Crippen molar-refractivity contribution in [3.05, 3.63) is 24.3 Å². The topological polar surface area (TPSA) is 71.0 Å². The fourth-order valence-corrected chi connectivity index (χ4v) is 2.58. The summed E-state index contributed by atoms with van der Waals surface area (Å²) in [6, 6.07) is 7.06. The Morgan fingerprint density at radius 1 is 1.35 bits per heavy atom. The number of para-hydroxylation sites is 2. The molecule has 1 aromatic rings. The highest BCUT2D eigenvalue weighted by atomic mass is 16.6. The molecule has 108 valence electrons. The molecule has 0 saturated carbocycles. The van der Waals surface area contributed by atoms with Crippen molar-refractivity contribution < 1.29 is 19.4 Å². The fourth-order valence-electron chi connectivity index (χ4n) is 2.58. The Kier molecular flexibility index (Phi) is 3.50. The van der Waals surface area contributed by atoms with Crippen molar-refractivity contribution in [2.45, 2.75) is 18.2 Å². The first-order valence-electron chi connectivity index (χ1n) is 6.71. The number of benzene rings is 1. The Morgan fingerprint density at radius 2 is 2.10 bits per heavy atom. The summed E-state index contributed by atoms with van der Waals surface area (Å²) in [5.74, 6) is 1.06. The molecule has 0 aliphatic carbocycles. The highest BCUT2D eigenvalue weighted by Gasteiger charge is 2.36. The number of fused-ring (bicyclic) bond motifs is 1. The largest absolute Gasteiger partial charge is 0.485 e. The smallest absolute Gasteiger partial charge is 0.267 e. The molecule has 20 heavy (non-hydrogen) atoms. The zero-order valence-electron chi connectivity index (χ0n) is 11.3. The van der Waals surface area contributed by atoms with Crippen LogP contribution < -0.4 is 14.8 Å². The van der Waals surface area contributed by atoms with Gasteiger partial charge in [-0.05, 0) is 12.1 Å². The van der Waals surface area contributed by atoms with E-state index in [1.165, 1.54) is 0 Å². The molecule has 0 radical (unpaired) electrons. The predicted octanol–water partition coefficient (Wildman–Crippen LogP) is -0.383. The van der Waals surface area contributed by atoms with Gasteiger partial charge in [-0.25, -0.2) is 0 Å². The van der Waals surface area contributed by atoms with Crippen LogP contribution in [0, 0.1) is 0 Å². The third kappa shape index (κ3) is 2.32. The molecule has 3 atom stereocenters. The van der Waals surface area contributed by atoms with Crippen LogP contribution in [0.1, 0.15) is 0 Å². The number of nitrogens with one attached hydrogen (secondary N) is 1. The number of rotatable bonds is 2. The Labute approximate surface area is 117 Å². The molecule has 6 heteroatoms. The number of hydrogen-bond donors (Lipinski definition) is 2. The maximum atomic E-state index is 12.4. The van der Waals surface area contributed by atoms with Gasteiger partial charge in [-0.1, -0.05) is 12.1 Å². The number of likely N-dealkylation sites (N-methyl/N-ethyl adjacent to an activating group) is 1. The van der Waals surface area contributed by atoms with Crippen molar-refractivity contribution in [2.24, 2.45) is 0 Å². The van der Waals surface area contributed by atoms with Crippen LogP contribution in [0.2, 0.25) is 0 Å². The molecular formula is C14H18N2O4. The van der Waals surface area contributed by atoms with Crippen molar-refractivity contribution in [3.8, 4) is 11.5 Å². The first-order chi connectivity index (χ1) is 9.66. The van der Waals surface area contributed by atoms with Gasteiger partial charge in [0.05, 0.1) is 12.1 Å². The number of aliphatic hydroxyl groups is 1. The lowest BCUT2D eigenvalue weighted by molar-refractivity contribution is -0.143. The van der Waals surface area contributed by atoms with E-state index in [4.69, 9.17) is 9.47 Å². The van der Waals surface area contributed by atoms with Crippen LogP contribution >= 0.6 is 0 Å². The SMILES string of the molecule is CN(C(=O)C1COc2ccccc2O1)[C@@H]1CNC[C@H]1O. The number of nitrogens with zero attached hydrogens (tertiary/aromatic N) is 1. The molecule has 0 bridgehead atoms. The van der Waals surface area contributed by atoms with E-state index < -0.39 is 12.2 Å². The van der Waals surface area contributed by atoms with Gasteiger partial charge in [0.1, 0.15) is 6.61 Å². The molecule has 1 saturated heterocycles. The van der Waals surface area contributed by atoms with Crippen LogP contribution in [0.3, 0.4) is 0 Å². The molecule has 3 rings (SSSR count). The molecule has 2 aliphatic rings. The van der Waals surface area contributed by atoms with E-state index in [-0.39, 0.29) is 18.6 Å². The monoisotopic (exact) mass is 278 g/mol. The third-order valence-corrected chi connectivity index (χ3v) is 3.78. The van der Waals surface area contributed by atoms with Crippen LogP contribution in [-0.2, 0) is 4.79 Å². The molecule has 0 spiro atoms. The Balaban J connectivity index is 1.69. The molecule has 0 aromatic heterocycles. The van der Waals surface area contributed by atoms with Crippen molar-refractivity contribution in [1.82, 2.24) is 10.2 Å². The van der Waals surface area contributed by atoms with E-state index in [1.54, 1.807) is 18.0 Å². The van der Waals surface area contributed by atoms with Gasteiger partial charge in [-0.15, -0.1) is 0 Å². The zero-order valence-corrected chi connectivity index (χ0v) is 11.3. The van der Waals surface area contributed by atoms with E-state index >= 15 is 0 Å². The minimum absolute atomic E-state index is 0.174. The molecule has 1 aromatic carbocycles. The summed E-state index contributed by atoms with van der Waals surface area (Å²) in [6.45, 7) is 1.29. The average molecular weight is 278 g/mol. The van der Waals surface area contributed by atoms with Crippen molar-refractivity contribution in [1.29, 1.82) is 0 Å². The maximum Gasteiger partial charge on any atom is 0.267 e. The van der Waals surface area contributed by atoms with Gasteiger partial charge in [0, 0.05) is 20.1 Å². The van der Waals surface area contributed by atoms with Crippen LogP contribution in [-0.4, -0.2) is 60.9 Å². The molecular weight excluding hydrogens is 260 g/mol. The first-order valence-corrected chi connectivity index (χ1v) is 6.71. The summed E-state index contributed by atoms with van der Waals surface area (Å²) in [7, 11) is 1.69. The second kappa shape index (κ2) is 5.30. The van der Waals surface area contributed by atoms with Gasteiger partial charge >= 0.3 is 0 Å². The average Bonchev–Trinajstić information content (AvgIpc) is 2.91. The van der Waals surface area contributed by atoms with E-state index in [0.29, 0.717) is 24.6 Å². The fraction of sp³-hybridized carbons (Fsp3) is 0.500. The number of carbonyl (C=O) groups excluding carboxylic acids is 1. The number of amides is 1. The van der Waals surface area contributed by atoms with Gasteiger partial charge in [0.25, 0.3) is 5.91 Å². The number of ether oxygens (including phenoxy) is 2. The molecule has 1 unspecified atom stereocenters. The van der Waals surface area contributed by atoms with Crippen LogP contribution in [0.15, 0.2) is 24.3 Å². The second-order valence-corrected chi connectivity index (χ2v) is 5.11. The molecule has 2 aliphatic heterocycles. The minimum Gasteiger partial charge on any atom is -0.485 e. The summed E-state index contributed by atoms with van der Waals surface area (Å²) in [4.78, 5) is 14.0. The normalized spacial score (nSPS) is 28.2. The van der Waals surface area contributed by atoms with E-state index in [1.807, 2.05) is 18.2 Å². The summed E-state index contributed by atoms with van der Waals surface area (Å²) >= 11 is 0. The Hall–Kier alpha value is -1.79. The Morgan fingerprint density at radius 3 is 2.80 bits per heavy atom. The Bertz CT molecular complexity index is 508. The van der Waals surface area contributed by atoms with Crippen LogP contribution in [0.25, 0.3) is 0 Å². The van der Waals surface area contributed by atoms with Crippen LogP contribution in [0.4, 0.5) is 0 Å². The minimum atomic E-state index is -0.664. The second-order valence-electron chi connectivity index (χ2n) is 5.11. The third-order valence-electron chi connectivity index (χ3n) is 3.78. The summed E-state index contributed by atoms with van der Waals surface area (Å²) < 4.78 is 11.2. The quantitative estimate of drug-likeness (QED) is 0.771. The van der Waals surface area contributed by atoms with E-state index in [0.717, 1.165) is 0 Å². The lowest BCUT2D eigenvalue weighted by atomic mass is 10.1. The molecule has 6 nitrogen and oxygen atoms in total. The molecule has 1 amide bonds. The van der Waals surface area contributed by atoms with E-state index in [9.17, 15) is 9.90 Å². The predicted molar refractivity (Wildman–Crippen MR) is 71.8 cm³/mol. The summed E-state index contributed by atoms with van der Waals surface area (Å²) in [5, 5.41) is 12.9. The molecule has 1 fully saturated rings. The van der Waals surface area contributed by atoms with Crippen LogP contribution in [0.5, 0.6) is 11.5 Å². The van der Waals surface area contributed by atoms with Gasteiger partial charge in [-0.3, -0.25) is 4.79 Å². The number of aliphatic hydroxyl groups excluding tert-OH is 1. The highest BCUT2D eigenvalue weighted by molar-refractivity contribution is 5.82. The number of hydrogen-bond acceptors (Lipinski definition) is 5.